The Balaban J connectivity index is 1.99. The zero-order valence-electron chi connectivity index (χ0n) is 12.4. The Kier molecular flexibility index (Phi) is 4.29. The van der Waals surface area contributed by atoms with Gasteiger partial charge in [0.1, 0.15) is 0 Å². The average Bonchev–Trinajstić information content (AvgIpc) is 2.92. The molecule has 3 aromatic rings. The van der Waals surface area contributed by atoms with Gasteiger partial charge in [-0.1, -0.05) is 28.1 Å². The molecule has 0 amide bonds. The van der Waals surface area contributed by atoms with Gasteiger partial charge < -0.3 is 4.74 Å². The summed E-state index contributed by atoms with van der Waals surface area (Å²) in [7, 11) is 0. The van der Waals surface area contributed by atoms with Crippen molar-refractivity contribution in [1.82, 2.24) is 14.6 Å². The first-order valence-electron chi connectivity index (χ1n) is 7.10. The van der Waals surface area contributed by atoms with E-state index in [0.29, 0.717) is 17.9 Å². The number of benzene rings is 1. The highest BCUT2D eigenvalue weighted by molar-refractivity contribution is 9.10. The summed E-state index contributed by atoms with van der Waals surface area (Å²) in [6.45, 7) is 2.04. The summed E-state index contributed by atoms with van der Waals surface area (Å²) in [5.41, 5.74) is 2.31. The van der Waals surface area contributed by atoms with Gasteiger partial charge in [0.05, 0.1) is 24.4 Å². The third-order valence-electron chi connectivity index (χ3n) is 3.29. The molecule has 0 atom stereocenters. The van der Waals surface area contributed by atoms with Crippen LogP contribution in [0.2, 0.25) is 0 Å². The maximum Gasteiger partial charge on any atom is 0.311 e. The highest BCUT2D eigenvalue weighted by Gasteiger charge is 2.11. The number of H-pyrrole nitrogens is 1. The van der Waals surface area contributed by atoms with E-state index < -0.39 is 5.97 Å². The van der Waals surface area contributed by atoms with Crippen molar-refractivity contribution in [2.45, 2.75) is 13.3 Å². The molecule has 0 fully saturated rings. The van der Waals surface area contributed by atoms with Crippen LogP contribution < -0.4 is 5.56 Å². The third-order valence-corrected chi connectivity index (χ3v) is 3.82. The first-order chi connectivity index (χ1) is 11.1. The smallest absolute Gasteiger partial charge is 0.311 e. The number of aromatic amines is 1. The minimum absolute atomic E-state index is 0.0155. The summed E-state index contributed by atoms with van der Waals surface area (Å²) in [5, 5.41) is 3.02. The van der Waals surface area contributed by atoms with Crippen LogP contribution in [0.15, 0.2) is 45.7 Å². The number of carbonyl (C=O) groups excluding carboxylic acids is 1. The molecule has 0 aliphatic carbocycles. The lowest BCUT2D eigenvalue weighted by Gasteiger charge is -2.01. The van der Waals surface area contributed by atoms with Crippen molar-refractivity contribution < 1.29 is 9.53 Å². The average molecular weight is 376 g/mol. The van der Waals surface area contributed by atoms with Gasteiger partial charge in [-0.15, -0.1) is 0 Å². The molecule has 23 heavy (non-hydrogen) atoms. The number of nitrogens with one attached hydrogen (secondary N) is 1. The van der Waals surface area contributed by atoms with Crippen LogP contribution in [0.25, 0.3) is 16.9 Å². The summed E-state index contributed by atoms with van der Waals surface area (Å²) in [4.78, 5) is 28.0. The van der Waals surface area contributed by atoms with Gasteiger partial charge in [0.15, 0.2) is 5.65 Å². The first kappa shape index (κ1) is 15.5. The number of rotatable bonds is 4. The lowest BCUT2D eigenvalue weighted by Crippen LogP contribution is -2.17. The van der Waals surface area contributed by atoms with E-state index in [-0.39, 0.29) is 12.0 Å². The van der Waals surface area contributed by atoms with Gasteiger partial charge in [0.25, 0.3) is 5.56 Å². The summed E-state index contributed by atoms with van der Waals surface area (Å²) < 4.78 is 7.21. The summed E-state index contributed by atoms with van der Waals surface area (Å²) >= 11 is 3.39. The van der Waals surface area contributed by atoms with Gasteiger partial charge in [-0.25, -0.2) is 9.50 Å². The van der Waals surface area contributed by atoms with Crippen LogP contribution in [0, 0.1) is 0 Å². The molecule has 0 spiro atoms. The van der Waals surface area contributed by atoms with Crippen LogP contribution in [0.1, 0.15) is 12.6 Å². The minimum atomic E-state index is -0.396. The van der Waals surface area contributed by atoms with E-state index in [1.54, 1.807) is 13.0 Å². The van der Waals surface area contributed by atoms with Gasteiger partial charge in [-0.2, -0.15) is 0 Å². The fourth-order valence-electron chi connectivity index (χ4n) is 2.27. The van der Waals surface area contributed by atoms with E-state index in [1.807, 2.05) is 24.3 Å². The number of esters is 1. The predicted molar refractivity (Wildman–Crippen MR) is 89.3 cm³/mol. The van der Waals surface area contributed by atoms with E-state index in [0.717, 1.165) is 15.7 Å². The van der Waals surface area contributed by atoms with E-state index in [1.165, 1.54) is 10.6 Å². The molecule has 0 bridgehead atoms. The van der Waals surface area contributed by atoms with Crippen molar-refractivity contribution in [3.8, 4) is 11.3 Å². The number of fused-ring (bicyclic) bond motifs is 1. The standard InChI is InChI=1S/C16H14BrN3O3/c1-2-23-16(22)8-12-7-15(21)20-14(18-12)9-13(19-20)10-3-5-11(17)6-4-10/h3-7,9,19H,2,8H2,1H3. The Labute approximate surface area is 140 Å². The zero-order valence-corrected chi connectivity index (χ0v) is 14.0. The summed E-state index contributed by atoms with van der Waals surface area (Å²) in [5.74, 6) is -0.396. The van der Waals surface area contributed by atoms with Crippen LogP contribution in [0.5, 0.6) is 0 Å². The fourth-order valence-corrected chi connectivity index (χ4v) is 2.53. The Morgan fingerprint density at radius 1 is 1.30 bits per heavy atom. The minimum Gasteiger partial charge on any atom is -0.466 e. The maximum absolute atomic E-state index is 12.2. The monoisotopic (exact) mass is 375 g/mol. The Morgan fingerprint density at radius 2 is 2.04 bits per heavy atom. The van der Waals surface area contributed by atoms with Crippen LogP contribution in [-0.4, -0.2) is 27.2 Å². The highest BCUT2D eigenvalue weighted by Crippen LogP contribution is 2.21. The Hall–Kier alpha value is -2.41. The van der Waals surface area contributed by atoms with Crippen LogP contribution in [-0.2, 0) is 16.0 Å². The van der Waals surface area contributed by atoms with Crippen LogP contribution in [0.4, 0.5) is 0 Å². The topological polar surface area (TPSA) is 76.5 Å². The molecule has 0 radical (unpaired) electrons. The molecule has 0 aliphatic heterocycles. The molecule has 0 saturated heterocycles. The number of halogens is 1. The number of hydrogen-bond acceptors (Lipinski definition) is 4. The predicted octanol–water partition coefficient (Wildman–Crippen LogP) is 2.56. The molecule has 7 heteroatoms. The van der Waals surface area contributed by atoms with Crippen LogP contribution >= 0.6 is 15.9 Å². The summed E-state index contributed by atoms with van der Waals surface area (Å²) in [6, 6.07) is 10.8. The second-order valence-electron chi connectivity index (χ2n) is 4.94. The lowest BCUT2D eigenvalue weighted by atomic mass is 10.2. The molecule has 6 nitrogen and oxygen atoms in total. The Morgan fingerprint density at radius 3 is 2.74 bits per heavy atom. The van der Waals surface area contributed by atoms with Crippen molar-refractivity contribution in [2.24, 2.45) is 0 Å². The second-order valence-corrected chi connectivity index (χ2v) is 5.85. The highest BCUT2D eigenvalue weighted by atomic mass is 79.9. The van der Waals surface area contributed by atoms with E-state index in [9.17, 15) is 9.59 Å². The number of carbonyl (C=O) groups is 1. The number of nitrogens with zero attached hydrogens (tertiary/aromatic N) is 2. The SMILES string of the molecule is CCOC(=O)Cc1cc(=O)n2[nH]c(-c3ccc(Br)cc3)cc2n1. The van der Waals surface area contributed by atoms with Gasteiger partial charge in [-0.3, -0.25) is 14.7 Å². The fraction of sp³-hybridized carbons (Fsp3) is 0.188. The molecule has 2 heterocycles. The third kappa shape index (κ3) is 3.34. The second kappa shape index (κ2) is 6.37. The molecule has 3 rings (SSSR count). The normalized spacial score (nSPS) is 10.9. The van der Waals surface area contributed by atoms with Gasteiger partial charge in [-0.05, 0) is 24.6 Å². The molecule has 0 saturated carbocycles. The summed E-state index contributed by atoms with van der Waals surface area (Å²) in [6.07, 6.45) is -0.0155. The van der Waals surface area contributed by atoms with Crippen molar-refractivity contribution in [2.75, 3.05) is 6.61 Å². The number of ether oxygens (including phenoxy) is 1. The molecule has 2 aromatic heterocycles. The van der Waals surface area contributed by atoms with Gasteiger partial charge in [0.2, 0.25) is 0 Å². The molecule has 1 aromatic carbocycles. The van der Waals surface area contributed by atoms with Gasteiger partial charge in [0, 0.05) is 16.6 Å². The molecule has 118 valence electrons. The first-order valence-corrected chi connectivity index (χ1v) is 7.89. The zero-order chi connectivity index (χ0) is 16.4. The Bertz CT molecular complexity index is 912. The van der Waals surface area contributed by atoms with Crippen molar-refractivity contribution in [3.05, 3.63) is 56.9 Å². The van der Waals surface area contributed by atoms with E-state index >= 15 is 0 Å². The maximum atomic E-state index is 12.2. The number of aromatic nitrogens is 3. The number of hydrogen-bond donors (Lipinski definition) is 1. The molecule has 0 aliphatic rings. The van der Waals surface area contributed by atoms with Crippen molar-refractivity contribution in [1.29, 1.82) is 0 Å². The lowest BCUT2D eigenvalue weighted by molar-refractivity contribution is -0.142. The largest absolute Gasteiger partial charge is 0.466 e. The molecule has 1 N–H and O–H groups in total. The molecular formula is C16H14BrN3O3. The molecule has 0 unspecified atom stereocenters. The van der Waals surface area contributed by atoms with Crippen molar-refractivity contribution >= 4 is 27.5 Å². The van der Waals surface area contributed by atoms with Crippen molar-refractivity contribution in [3.63, 3.8) is 0 Å². The van der Waals surface area contributed by atoms with E-state index in [4.69, 9.17) is 4.74 Å². The quantitative estimate of drug-likeness (QED) is 0.710. The van der Waals surface area contributed by atoms with Gasteiger partial charge >= 0.3 is 5.97 Å². The van der Waals surface area contributed by atoms with Crippen LogP contribution in [0.3, 0.4) is 0 Å². The van der Waals surface area contributed by atoms with E-state index in [2.05, 4.69) is 26.0 Å². The molecular weight excluding hydrogens is 362 g/mol.